The largest absolute Gasteiger partial charge is 0.309 e. The summed E-state index contributed by atoms with van der Waals surface area (Å²) in [6, 6.07) is 6.98. The molecule has 1 aromatic carbocycles. The van der Waals surface area contributed by atoms with E-state index in [0.717, 1.165) is 12.2 Å². The van der Waals surface area contributed by atoms with Crippen molar-refractivity contribution in [3.63, 3.8) is 0 Å². The van der Waals surface area contributed by atoms with Crippen LogP contribution in [0.2, 0.25) is 5.02 Å². The van der Waals surface area contributed by atoms with Crippen LogP contribution in [0.1, 0.15) is 44.1 Å². The lowest BCUT2D eigenvalue weighted by atomic mass is 10.0. The van der Waals surface area contributed by atoms with Crippen LogP contribution < -0.4 is 5.32 Å². The Kier molecular flexibility index (Phi) is 5.37. The lowest BCUT2D eigenvalue weighted by Crippen LogP contribution is -2.27. The van der Waals surface area contributed by atoms with Gasteiger partial charge in [-0.25, -0.2) is 4.39 Å². The number of benzene rings is 1. The Labute approximate surface area is 130 Å². The van der Waals surface area contributed by atoms with Crippen LogP contribution in [0.4, 0.5) is 4.39 Å². The quantitative estimate of drug-likeness (QED) is 0.868. The molecule has 0 spiro atoms. The molecule has 0 radical (unpaired) electrons. The van der Waals surface area contributed by atoms with Crippen LogP contribution in [0.25, 0.3) is 0 Å². The maximum atomic E-state index is 13.9. The number of hydrogen-bond acceptors (Lipinski definition) is 2. The summed E-state index contributed by atoms with van der Waals surface area (Å²) < 4.78 is 15.8. The molecule has 0 saturated carbocycles. The molecule has 2 aromatic rings. The minimum atomic E-state index is -0.188. The van der Waals surface area contributed by atoms with E-state index in [1.165, 1.54) is 6.07 Å². The Morgan fingerprint density at radius 2 is 2.05 bits per heavy atom. The van der Waals surface area contributed by atoms with Crippen molar-refractivity contribution in [1.29, 1.82) is 0 Å². The lowest BCUT2D eigenvalue weighted by molar-refractivity contribution is 0.444. The van der Waals surface area contributed by atoms with Gasteiger partial charge in [0.2, 0.25) is 0 Å². The summed E-state index contributed by atoms with van der Waals surface area (Å²) >= 11 is 6.31. The van der Waals surface area contributed by atoms with E-state index in [2.05, 4.69) is 24.3 Å². The first-order chi connectivity index (χ1) is 10.0. The second-order valence-corrected chi connectivity index (χ2v) is 5.73. The van der Waals surface area contributed by atoms with E-state index in [-0.39, 0.29) is 17.9 Å². The maximum Gasteiger partial charge on any atom is 0.126 e. The van der Waals surface area contributed by atoms with Crippen molar-refractivity contribution in [1.82, 2.24) is 15.1 Å². The first-order valence-electron chi connectivity index (χ1n) is 7.24. The third-order valence-corrected chi connectivity index (χ3v) is 3.73. The lowest BCUT2D eigenvalue weighted by Gasteiger charge is -2.22. The van der Waals surface area contributed by atoms with Gasteiger partial charge >= 0.3 is 0 Å². The highest BCUT2D eigenvalue weighted by molar-refractivity contribution is 6.31. The zero-order valence-corrected chi connectivity index (χ0v) is 13.4. The monoisotopic (exact) mass is 309 g/mol. The first-order valence-corrected chi connectivity index (χ1v) is 7.62. The second kappa shape index (κ2) is 7.05. The zero-order chi connectivity index (χ0) is 15.4. The van der Waals surface area contributed by atoms with Crippen LogP contribution in [0.15, 0.2) is 30.5 Å². The van der Waals surface area contributed by atoms with Crippen LogP contribution in [-0.4, -0.2) is 16.3 Å². The van der Waals surface area contributed by atoms with E-state index in [1.807, 2.05) is 23.7 Å². The number of nitrogens with one attached hydrogen (secondary N) is 1. The van der Waals surface area contributed by atoms with Crippen molar-refractivity contribution in [2.75, 3.05) is 6.54 Å². The van der Waals surface area contributed by atoms with Crippen molar-refractivity contribution >= 4 is 11.6 Å². The van der Waals surface area contributed by atoms with Crippen LogP contribution in [-0.2, 0) is 6.42 Å². The van der Waals surface area contributed by atoms with Gasteiger partial charge in [0, 0.05) is 6.04 Å². The molecule has 1 aromatic heterocycles. The van der Waals surface area contributed by atoms with Crippen LogP contribution in [0.5, 0.6) is 0 Å². The average Bonchev–Trinajstić information content (AvgIpc) is 2.82. The van der Waals surface area contributed by atoms with Gasteiger partial charge in [0.1, 0.15) is 5.82 Å². The minimum absolute atomic E-state index is 0.0655. The molecule has 0 saturated heterocycles. The van der Waals surface area contributed by atoms with Crippen molar-refractivity contribution in [2.24, 2.45) is 0 Å². The molecule has 1 N–H and O–H groups in total. The Balaban J connectivity index is 2.36. The van der Waals surface area contributed by atoms with Crippen molar-refractivity contribution in [3.05, 3.63) is 52.6 Å². The third-order valence-electron chi connectivity index (χ3n) is 3.44. The molecule has 1 unspecified atom stereocenters. The molecule has 114 valence electrons. The molecule has 21 heavy (non-hydrogen) atoms. The molecule has 0 amide bonds. The molecule has 0 aliphatic rings. The summed E-state index contributed by atoms with van der Waals surface area (Å²) in [7, 11) is 0. The standard InChI is InChI=1S/C16H21ClFN3/c1-4-19-15(9-12-7-5-6-8-14(12)18)16-13(17)10-20-21(16)11(2)3/h5-8,10-11,15,19H,4,9H2,1-3H3. The molecule has 0 fully saturated rings. The molecule has 0 aliphatic carbocycles. The van der Waals surface area contributed by atoms with Crippen LogP contribution >= 0.6 is 11.6 Å². The first kappa shape index (κ1) is 16.0. The predicted molar refractivity (Wildman–Crippen MR) is 84.1 cm³/mol. The highest BCUT2D eigenvalue weighted by Crippen LogP contribution is 2.28. The molecule has 3 nitrogen and oxygen atoms in total. The zero-order valence-electron chi connectivity index (χ0n) is 12.6. The summed E-state index contributed by atoms with van der Waals surface area (Å²) in [6.45, 7) is 6.91. The van der Waals surface area contributed by atoms with E-state index >= 15 is 0 Å². The minimum Gasteiger partial charge on any atom is -0.309 e. The van der Waals surface area contributed by atoms with Gasteiger partial charge in [-0.1, -0.05) is 36.7 Å². The number of nitrogens with zero attached hydrogens (tertiary/aromatic N) is 2. The Morgan fingerprint density at radius 3 is 2.67 bits per heavy atom. The van der Waals surface area contributed by atoms with E-state index in [1.54, 1.807) is 12.3 Å². The molecular formula is C16H21ClFN3. The number of hydrogen-bond donors (Lipinski definition) is 1. The Morgan fingerprint density at radius 1 is 1.33 bits per heavy atom. The smallest absolute Gasteiger partial charge is 0.126 e. The number of aromatic nitrogens is 2. The van der Waals surface area contributed by atoms with Gasteiger partial charge in [-0.15, -0.1) is 0 Å². The summed E-state index contributed by atoms with van der Waals surface area (Å²) in [5, 5.41) is 8.33. The molecule has 1 heterocycles. The topological polar surface area (TPSA) is 29.9 Å². The predicted octanol–water partition coefficient (Wildman–Crippen LogP) is 4.15. The van der Waals surface area contributed by atoms with Gasteiger partial charge in [0.15, 0.2) is 0 Å². The number of halogens is 2. The highest BCUT2D eigenvalue weighted by atomic mass is 35.5. The Bertz CT molecular complexity index is 595. The van der Waals surface area contributed by atoms with Gasteiger partial charge in [-0.05, 0) is 38.4 Å². The van der Waals surface area contributed by atoms with E-state index in [4.69, 9.17) is 11.6 Å². The van der Waals surface area contributed by atoms with E-state index in [9.17, 15) is 4.39 Å². The van der Waals surface area contributed by atoms with E-state index < -0.39 is 0 Å². The van der Waals surface area contributed by atoms with E-state index in [0.29, 0.717) is 17.0 Å². The van der Waals surface area contributed by atoms with Crippen molar-refractivity contribution in [3.8, 4) is 0 Å². The normalized spacial score (nSPS) is 12.9. The van der Waals surface area contributed by atoms with Crippen molar-refractivity contribution < 1.29 is 4.39 Å². The Hall–Kier alpha value is -1.39. The van der Waals surface area contributed by atoms with Gasteiger partial charge in [-0.2, -0.15) is 5.10 Å². The fourth-order valence-electron chi connectivity index (χ4n) is 2.48. The molecule has 0 aliphatic heterocycles. The number of likely N-dealkylation sites (N-methyl/N-ethyl adjacent to an activating group) is 1. The molecular weight excluding hydrogens is 289 g/mol. The molecule has 5 heteroatoms. The summed E-state index contributed by atoms with van der Waals surface area (Å²) in [6.07, 6.45) is 2.20. The SMILES string of the molecule is CCNC(Cc1ccccc1F)c1c(Cl)cnn1C(C)C. The van der Waals surface area contributed by atoms with Crippen LogP contribution in [0.3, 0.4) is 0 Å². The fraction of sp³-hybridized carbons (Fsp3) is 0.438. The van der Waals surface area contributed by atoms with Crippen LogP contribution in [0, 0.1) is 5.82 Å². The molecule has 1 atom stereocenters. The van der Waals surface area contributed by atoms with Gasteiger partial charge in [0.25, 0.3) is 0 Å². The van der Waals surface area contributed by atoms with Gasteiger partial charge in [-0.3, -0.25) is 4.68 Å². The third kappa shape index (κ3) is 3.63. The summed E-state index contributed by atoms with van der Waals surface area (Å²) in [5.74, 6) is -0.188. The molecule has 0 bridgehead atoms. The van der Waals surface area contributed by atoms with Crippen molar-refractivity contribution in [2.45, 2.75) is 39.3 Å². The second-order valence-electron chi connectivity index (χ2n) is 5.32. The molecule has 2 rings (SSSR count). The maximum absolute atomic E-state index is 13.9. The van der Waals surface area contributed by atoms with Gasteiger partial charge in [0.05, 0.1) is 23.0 Å². The average molecular weight is 310 g/mol. The van der Waals surface area contributed by atoms with Gasteiger partial charge < -0.3 is 5.32 Å². The fourth-order valence-corrected chi connectivity index (χ4v) is 2.75. The number of rotatable bonds is 6. The highest BCUT2D eigenvalue weighted by Gasteiger charge is 2.22. The summed E-state index contributed by atoms with van der Waals surface area (Å²) in [4.78, 5) is 0. The summed E-state index contributed by atoms with van der Waals surface area (Å²) in [5.41, 5.74) is 1.59.